The van der Waals surface area contributed by atoms with Gasteiger partial charge in [-0.25, -0.2) is 0 Å². The van der Waals surface area contributed by atoms with Crippen molar-refractivity contribution in [3.8, 4) is 16.2 Å². The Labute approximate surface area is 198 Å². The lowest BCUT2D eigenvalue weighted by Gasteiger charge is -2.04. The summed E-state index contributed by atoms with van der Waals surface area (Å²) in [5, 5.41) is 4.22. The number of methoxy groups -OCH3 is 1. The number of fused-ring (bicyclic) bond motifs is 5. The highest BCUT2D eigenvalue weighted by Crippen LogP contribution is 2.44. The molecule has 0 unspecified atom stereocenters. The van der Waals surface area contributed by atoms with E-state index in [1.807, 2.05) is 34.8 Å². The van der Waals surface area contributed by atoms with Crippen LogP contribution in [0.1, 0.15) is 51.0 Å². The fourth-order valence-corrected chi connectivity index (χ4v) is 7.17. The van der Waals surface area contributed by atoms with Gasteiger partial charge in [0.2, 0.25) is 0 Å². The molecule has 0 bridgehead atoms. The van der Waals surface area contributed by atoms with Gasteiger partial charge in [-0.05, 0) is 65.8 Å². The summed E-state index contributed by atoms with van der Waals surface area (Å²) in [5.41, 5.74) is 2.78. The summed E-state index contributed by atoms with van der Waals surface area (Å²) in [5.74, 6) is 0.902. The Morgan fingerprint density at radius 1 is 0.781 bits per heavy atom. The predicted molar refractivity (Wildman–Crippen MR) is 144 cm³/mol. The second-order valence-corrected chi connectivity index (χ2v) is 10.7. The molecule has 0 N–H and O–H groups in total. The summed E-state index contributed by atoms with van der Waals surface area (Å²) in [6, 6.07) is 22.3. The topological polar surface area (TPSA) is 9.23 Å². The second-order valence-electron chi connectivity index (χ2n) is 8.61. The predicted octanol–water partition coefficient (Wildman–Crippen LogP) is 9.85. The van der Waals surface area contributed by atoms with E-state index in [2.05, 4.69) is 55.5 Å². The van der Waals surface area contributed by atoms with Crippen LogP contribution in [0.5, 0.6) is 5.75 Å². The average Bonchev–Trinajstić information content (AvgIpc) is 3.43. The second kappa shape index (κ2) is 9.64. The van der Waals surface area contributed by atoms with E-state index in [1.54, 1.807) is 7.11 Å². The van der Waals surface area contributed by atoms with Crippen LogP contribution >= 0.6 is 22.7 Å². The SMILES string of the molecule is CCCCCCCCc1cccc2c1sc1ccc3cc(-c4ccc(OC)cc4)sc3c12. The molecule has 1 nitrogen and oxygen atoms in total. The van der Waals surface area contributed by atoms with Gasteiger partial charge in [0.1, 0.15) is 5.75 Å². The Hall–Kier alpha value is -2.36. The molecule has 0 saturated heterocycles. The zero-order chi connectivity index (χ0) is 21.9. The fraction of sp³-hybridized carbons (Fsp3) is 0.310. The minimum absolute atomic E-state index is 0.902. The van der Waals surface area contributed by atoms with Crippen LogP contribution in [0, 0.1) is 0 Å². The summed E-state index contributed by atoms with van der Waals surface area (Å²) in [6.07, 6.45) is 9.30. The first-order valence-electron chi connectivity index (χ1n) is 11.8. The lowest BCUT2D eigenvalue weighted by Crippen LogP contribution is -1.86. The Balaban J connectivity index is 1.49. The van der Waals surface area contributed by atoms with Crippen molar-refractivity contribution in [2.75, 3.05) is 7.11 Å². The van der Waals surface area contributed by atoms with E-state index in [0.717, 1.165) is 5.75 Å². The van der Waals surface area contributed by atoms with E-state index in [1.165, 1.54) is 91.2 Å². The molecule has 0 aliphatic heterocycles. The van der Waals surface area contributed by atoms with Crippen molar-refractivity contribution < 1.29 is 4.74 Å². The number of hydrogen-bond donors (Lipinski definition) is 0. The number of hydrogen-bond acceptors (Lipinski definition) is 3. The minimum Gasteiger partial charge on any atom is -0.497 e. The van der Waals surface area contributed by atoms with Crippen molar-refractivity contribution in [3.63, 3.8) is 0 Å². The molecule has 164 valence electrons. The number of aryl methyl sites for hydroxylation is 1. The van der Waals surface area contributed by atoms with Crippen molar-refractivity contribution in [2.45, 2.75) is 51.9 Å². The van der Waals surface area contributed by atoms with Crippen LogP contribution in [-0.2, 0) is 6.42 Å². The van der Waals surface area contributed by atoms with Gasteiger partial charge in [0.15, 0.2) is 0 Å². The summed E-state index contributed by atoms with van der Waals surface area (Å²) >= 11 is 3.89. The molecule has 0 fully saturated rings. The number of unbranched alkanes of at least 4 members (excludes halogenated alkanes) is 5. The maximum atomic E-state index is 5.33. The third-order valence-corrected chi connectivity index (χ3v) is 8.86. The van der Waals surface area contributed by atoms with E-state index in [0.29, 0.717) is 0 Å². The van der Waals surface area contributed by atoms with Gasteiger partial charge in [0.05, 0.1) is 7.11 Å². The summed E-state index contributed by atoms with van der Waals surface area (Å²) in [4.78, 5) is 1.32. The third-order valence-electron chi connectivity index (χ3n) is 6.40. The zero-order valence-electron chi connectivity index (χ0n) is 18.9. The first-order valence-corrected chi connectivity index (χ1v) is 13.4. The van der Waals surface area contributed by atoms with Crippen LogP contribution in [0.2, 0.25) is 0 Å². The molecule has 5 rings (SSSR count). The fourth-order valence-electron chi connectivity index (χ4n) is 4.63. The molecule has 0 spiro atoms. The molecule has 0 aliphatic rings. The van der Waals surface area contributed by atoms with Gasteiger partial charge < -0.3 is 4.74 Å². The maximum absolute atomic E-state index is 5.33. The van der Waals surface area contributed by atoms with E-state index in [9.17, 15) is 0 Å². The number of benzene rings is 3. The van der Waals surface area contributed by atoms with Crippen LogP contribution in [0.25, 0.3) is 40.7 Å². The molecule has 2 heterocycles. The van der Waals surface area contributed by atoms with E-state index < -0.39 is 0 Å². The molecular weight excluding hydrogens is 428 g/mol. The third kappa shape index (κ3) is 4.16. The molecule has 0 saturated carbocycles. The maximum Gasteiger partial charge on any atom is 0.118 e. The molecule has 3 aromatic carbocycles. The van der Waals surface area contributed by atoms with Crippen LogP contribution in [-0.4, -0.2) is 7.11 Å². The molecular formula is C29H30OS2. The van der Waals surface area contributed by atoms with Gasteiger partial charge >= 0.3 is 0 Å². The molecule has 0 amide bonds. The van der Waals surface area contributed by atoms with E-state index in [-0.39, 0.29) is 0 Å². The summed E-state index contributed by atoms with van der Waals surface area (Å²) in [7, 11) is 1.72. The van der Waals surface area contributed by atoms with Crippen molar-refractivity contribution in [1.29, 1.82) is 0 Å². The number of rotatable bonds is 9. The van der Waals surface area contributed by atoms with Crippen molar-refractivity contribution in [1.82, 2.24) is 0 Å². The molecule has 0 radical (unpaired) electrons. The summed E-state index contributed by atoms with van der Waals surface area (Å²) in [6.45, 7) is 2.28. The minimum atomic E-state index is 0.902. The van der Waals surface area contributed by atoms with Gasteiger partial charge in [-0.2, -0.15) is 0 Å². The van der Waals surface area contributed by atoms with Gasteiger partial charge in [-0.3, -0.25) is 0 Å². The molecule has 0 aliphatic carbocycles. The summed E-state index contributed by atoms with van der Waals surface area (Å²) < 4.78 is 9.64. The van der Waals surface area contributed by atoms with Gasteiger partial charge in [-0.15, -0.1) is 22.7 Å². The normalized spacial score (nSPS) is 11.7. The van der Waals surface area contributed by atoms with Gasteiger partial charge in [0, 0.05) is 29.7 Å². The van der Waals surface area contributed by atoms with Crippen LogP contribution in [0.4, 0.5) is 0 Å². The van der Waals surface area contributed by atoms with Crippen molar-refractivity contribution in [2.24, 2.45) is 0 Å². The molecule has 32 heavy (non-hydrogen) atoms. The van der Waals surface area contributed by atoms with Gasteiger partial charge in [-0.1, -0.05) is 63.3 Å². The first kappa shape index (κ1) is 21.5. The Kier molecular flexibility index (Phi) is 6.47. The molecule has 3 heteroatoms. The Morgan fingerprint density at radius 3 is 2.41 bits per heavy atom. The Morgan fingerprint density at radius 2 is 1.59 bits per heavy atom. The monoisotopic (exact) mass is 458 g/mol. The van der Waals surface area contributed by atoms with E-state index in [4.69, 9.17) is 4.74 Å². The van der Waals surface area contributed by atoms with Crippen LogP contribution in [0.15, 0.2) is 60.7 Å². The smallest absolute Gasteiger partial charge is 0.118 e. The lowest BCUT2D eigenvalue weighted by atomic mass is 10.0. The van der Waals surface area contributed by atoms with Gasteiger partial charge in [0.25, 0.3) is 0 Å². The highest BCUT2D eigenvalue weighted by Gasteiger charge is 2.14. The van der Waals surface area contributed by atoms with Crippen LogP contribution < -0.4 is 4.74 Å². The zero-order valence-corrected chi connectivity index (χ0v) is 20.6. The lowest BCUT2D eigenvalue weighted by molar-refractivity contribution is 0.415. The molecule has 2 aromatic heterocycles. The quantitative estimate of drug-likeness (QED) is 0.200. The molecule has 0 atom stereocenters. The average molecular weight is 459 g/mol. The van der Waals surface area contributed by atoms with Crippen molar-refractivity contribution >= 4 is 52.9 Å². The van der Waals surface area contributed by atoms with Crippen LogP contribution in [0.3, 0.4) is 0 Å². The van der Waals surface area contributed by atoms with Crippen molar-refractivity contribution in [3.05, 3.63) is 66.2 Å². The highest BCUT2D eigenvalue weighted by molar-refractivity contribution is 7.28. The first-order chi connectivity index (χ1) is 15.8. The van der Waals surface area contributed by atoms with E-state index >= 15 is 0 Å². The molecule has 5 aromatic rings. The standard InChI is InChI=1S/C29H30OS2/c1-3-4-5-6-7-8-10-21-11-9-12-24-27-25(31-28(21)24)18-15-22-19-26(32-29(22)27)20-13-16-23(30-2)17-14-20/h9,11-19H,3-8,10H2,1-2H3. The highest BCUT2D eigenvalue weighted by atomic mass is 32.1. The number of ether oxygens (including phenoxy) is 1. The Bertz CT molecular complexity index is 1340. The largest absolute Gasteiger partial charge is 0.497 e. The number of thiophene rings is 2.